The van der Waals surface area contributed by atoms with E-state index in [1.807, 2.05) is 19.2 Å². The number of anilines is 1. The molecule has 4 heterocycles. The summed E-state index contributed by atoms with van der Waals surface area (Å²) in [7, 11) is 1.62. The molecule has 9 nitrogen and oxygen atoms in total. The van der Waals surface area contributed by atoms with Gasteiger partial charge in [-0.15, -0.1) is 0 Å². The zero-order valence-corrected chi connectivity index (χ0v) is 19.9. The Morgan fingerprint density at radius 3 is 2.61 bits per heavy atom. The van der Waals surface area contributed by atoms with E-state index in [0.717, 1.165) is 56.4 Å². The van der Waals surface area contributed by atoms with Crippen LogP contribution in [0.2, 0.25) is 5.02 Å². The highest BCUT2D eigenvalue weighted by Crippen LogP contribution is 2.25. The molecule has 0 unspecified atom stereocenters. The van der Waals surface area contributed by atoms with Gasteiger partial charge in [-0.3, -0.25) is 23.6 Å². The molecule has 174 valence electrons. The first-order chi connectivity index (χ1) is 15.8. The van der Waals surface area contributed by atoms with Gasteiger partial charge in [0.15, 0.2) is 11.2 Å². The van der Waals surface area contributed by atoms with E-state index in [2.05, 4.69) is 43.4 Å². The molecule has 3 aromatic heterocycles. The van der Waals surface area contributed by atoms with E-state index < -0.39 is 11.2 Å². The maximum absolute atomic E-state index is 12.4. The van der Waals surface area contributed by atoms with Crippen molar-refractivity contribution in [2.75, 3.05) is 37.6 Å². The summed E-state index contributed by atoms with van der Waals surface area (Å²) in [5, 5.41) is 0.778. The predicted molar refractivity (Wildman–Crippen MR) is 131 cm³/mol. The number of hydrogen-bond acceptors (Lipinski definition) is 5. The second-order valence-electron chi connectivity index (χ2n) is 8.81. The van der Waals surface area contributed by atoms with E-state index in [4.69, 9.17) is 11.6 Å². The van der Waals surface area contributed by atoms with Crippen molar-refractivity contribution in [1.29, 1.82) is 0 Å². The van der Waals surface area contributed by atoms with Gasteiger partial charge in [0, 0.05) is 62.4 Å². The Bertz CT molecular complexity index is 1450. The Balaban J connectivity index is 1.26. The quantitative estimate of drug-likeness (QED) is 0.484. The van der Waals surface area contributed by atoms with Gasteiger partial charge in [-0.25, -0.2) is 4.79 Å². The van der Waals surface area contributed by atoms with Crippen LogP contribution in [0.15, 0.2) is 34.0 Å². The molecular formula is C23H28ClN7O2. The first-order valence-electron chi connectivity index (χ1n) is 11.2. The maximum Gasteiger partial charge on any atom is 0.329 e. The third-order valence-corrected chi connectivity index (χ3v) is 6.89. The summed E-state index contributed by atoms with van der Waals surface area (Å²) in [6, 6.07) is 6.08. The van der Waals surface area contributed by atoms with Crippen LogP contribution in [0, 0.1) is 13.8 Å². The molecule has 0 amide bonds. The number of halogens is 1. The average molecular weight is 470 g/mol. The first kappa shape index (κ1) is 21.8. The van der Waals surface area contributed by atoms with Crippen molar-refractivity contribution >= 4 is 34.2 Å². The maximum atomic E-state index is 12.4. The molecule has 1 aliphatic heterocycles. The number of imidazole rings is 2. The highest BCUT2D eigenvalue weighted by molar-refractivity contribution is 6.30. The highest BCUT2D eigenvalue weighted by atomic mass is 35.5. The normalized spacial score (nSPS) is 15.2. The molecule has 0 spiro atoms. The molecule has 10 heteroatoms. The minimum atomic E-state index is -0.455. The van der Waals surface area contributed by atoms with Crippen LogP contribution < -0.4 is 16.1 Å². The van der Waals surface area contributed by atoms with Crippen LogP contribution in [0.4, 0.5) is 5.69 Å². The third-order valence-electron chi connectivity index (χ3n) is 6.66. The van der Waals surface area contributed by atoms with Gasteiger partial charge in [0.25, 0.3) is 5.56 Å². The van der Waals surface area contributed by atoms with E-state index in [9.17, 15) is 9.59 Å². The number of benzene rings is 1. The van der Waals surface area contributed by atoms with Gasteiger partial charge in [0.1, 0.15) is 0 Å². The summed E-state index contributed by atoms with van der Waals surface area (Å²) >= 11 is 6.21. The fraction of sp³-hybridized carbons (Fsp3) is 0.435. The molecule has 0 atom stereocenters. The van der Waals surface area contributed by atoms with Crippen molar-refractivity contribution in [3.8, 4) is 0 Å². The molecule has 0 aliphatic carbocycles. The Morgan fingerprint density at radius 2 is 1.85 bits per heavy atom. The lowest BCUT2D eigenvalue weighted by Gasteiger charge is -2.37. The number of nitrogens with zero attached hydrogens (tertiary/aromatic N) is 6. The molecule has 1 saturated heterocycles. The first-order valence-corrected chi connectivity index (χ1v) is 11.6. The van der Waals surface area contributed by atoms with Crippen LogP contribution in [0.3, 0.4) is 0 Å². The van der Waals surface area contributed by atoms with Crippen LogP contribution in [0.1, 0.15) is 17.7 Å². The molecule has 0 radical (unpaired) electrons. The van der Waals surface area contributed by atoms with Crippen molar-refractivity contribution < 1.29 is 0 Å². The number of aromatic amines is 1. The SMILES string of the molecule is Cc1ccc(Cl)cc1N1CCN(CCCn2c(C)cn3c4c(=O)[nH]c(=O)n(C)c4nc23)CC1. The number of aromatic nitrogens is 5. The van der Waals surface area contributed by atoms with Gasteiger partial charge in [-0.1, -0.05) is 17.7 Å². The van der Waals surface area contributed by atoms with Gasteiger partial charge >= 0.3 is 5.69 Å². The van der Waals surface area contributed by atoms with Crippen molar-refractivity contribution in [2.45, 2.75) is 26.8 Å². The molecular weight excluding hydrogens is 442 g/mol. The third kappa shape index (κ3) is 3.85. The molecule has 1 fully saturated rings. The van der Waals surface area contributed by atoms with Crippen LogP contribution in [-0.4, -0.2) is 61.1 Å². The number of hydrogen-bond donors (Lipinski definition) is 1. The largest absolute Gasteiger partial charge is 0.369 e. The van der Waals surface area contributed by atoms with Crippen LogP contribution >= 0.6 is 11.6 Å². The van der Waals surface area contributed by atoms with Gasteiger partial charge in [0.05, 0.1) is 0 Å². The Morgan fingerprint density at radius 1 is 1.09 bits per heavy atom. The minimum Gasteiger partial charge on any atom is -0.369 e. The molecule has 5 rings (SSSR count). The molecule has 1 aliphatic rings. The zero-order valence-electron chi connectivity index (χ0n) is 19.1. The second-order valence-corrected chi connectivity index (χ2v) is 9.24. The number of rotatable bonds is 5. The van der Waals surface area contributed by atoms with Crippen LogP contribution in [-0.2, 0) is 13.6 Å². The predicted octanol–water partition coefficient (Wildman–Crippen LogP) is 2.16. The lowest BCUT2D eigenvalue weighted by molar-refractivity contribution is 0.250. The number of piperazine rings is 1. The summed E-state index contributed by atoms with van der Waals surface area (Å²) in [4.78, 5) is 36.2. The summed E-state index contributed by atoms with van der Waals surface area (Å²) in [5.41, 5.74) is 3.45. The topological polar surface area (TPSA) is 83.6 Å². The summed E-state index contributed by atoms with van der Waals surface area (Å²) in [6.45, 7) is 9.92. The van der Waals surface area contributed by atoms with E-state index in [0.29, 0.717) is 16.9 Å². The van der Waals surface area contributed by atoms with E-state index >= 15 is 0 Å². The van der Waals surface area contributed by atoms with Crippen molar-refractivity contribution in [2.24, 2.45) is 7.05 Å². The minimum absolute atomic E-state index is 0.403. The van der Waals surface area contributed by atoms with Crippen molar-refractivity contribution in [3.05, 3.63) is 61.5 Å². The highest BCUT2D eigenvalue weighted by Gasteiger charge is 2.20. The smallest absolute Gasteiger partial charge is 0.329 e. The lowest BCUT2D eigenvalue weighted by Crippen LogP contribution is -2.47. The zero-order chi connectivity index (χ0) is 23.3. The van der Waals surface area contributed by atoms with Crippen LogP contribution in [0.25, 0.3) is 16.9 Å². The van der Waals surface area contributed by atoms with Gasteiger partial charge < -0.3 is 9.47 Å². The van der Waals surface area contributed by atoms with Gasteiger partial charge in [-0.2, -0.15) is 4.98 Å². The summed E-state index contributed by atoms with van der Waals surface area (Å²) < 4.78 is 5.29. The molecule has 1 N–H and O–H groups in total. The monoisotopic (exact) mass is 469 g/mol. The molecule has 1 aromatic carbocycles. The summed E-state index contributed by atoms with van der Waals surface area (Å²) in [6.07, 6.45) is 2.89. The average Bonchev–Trinajstić information content (AvgIpc) is 3.30. The summed E-state index contributed by atoms with van der Waals surface area (Å²) in [5.74, 6) is 0.690. The fourth-order valence-electron chi connectivity index (χ4n) is 4.78. The number of H-pyrrole nitrogens is 1. The van der Waals surface area contributed by atoms with Gasteiger partial charge in [-0.05, 0) is 44.5 Å². The molecule has 0 saturated carbocycles. The second kappa shape index (κ2) is 8.39. The van der Waals surface area contributed by atoms with Crippen LogP contribution in [0.5, 0.6) is 0 Å². The Labute approximate surface area is 195 Å². The Kier molecular flexibility index (Phi) is 5.54. The number of nitrogens with one attached hydrogen (secondary N) is 1. The van der Waals surface area contributed by atoms with E-state index in [1.165, 1.54) is 15.8 Å². The molecule has 0 bridgehead atoms. The molecule has 4 aromatic rings. The number of fused-ring (bicyclic) bond motifs is 3. The fourth-order valence-corrected chi connectivity index (χ4v) is 4.95. The van der Waals surface area contributed by atoms with Crippen molar-refractivity contribution in [3.63, 3.8) is 0 Å². The van der Waals surface area contributed by atoms with Gasteiger partial charge in [0.2, 0.25) is 5.78 Å². The molecule has 33 heavy (non-hydrogen) atoms. The number of aryl methyl sites for hydroxylation is 4. The van der Waals surface area contributed by atoms with E-state index in [-0.39, 0.29) is 0 Å². The van der Waals surface area contributed by atoms with E-state index in [1.54, 1.807) is 11.4 Å². The Hall–Kier alpha value is -3.04. The lowest BCUT2D eigenvalue weighted by atomic mass is 10.1. The standard InChI is InChI=1S/C23H28ClN7O2/c1-15-5-6-17(24)13-18(15)29-11-9-28(10-12-29)7-4-8-30-16(2)14-31-19-20(25-22(30)31)27(3)23(33)26-21(19)32/h5-6,13-14H,4,7-12H2,1-3H3,(H,26,32,33). The van der Waals surface area contributed by atoms with Crippen molar-refractivity contribution in [1.82, 2.24) is 28.4 Å².